The summed E-state index contributed by atoms with van der Waals surface area (Å²) in [5.41, 5.74) is 0.553. The van der Waals surface area contributed by atoms with Gasteiger partial charge in [0.1, 0.15) is 16.1 Å². The normalized spacial score (nSPS) is 18.6. The van der Waals surface area contributed by atoms with Crippen molar-refractivity contribution in [2.45, 2.75) is 16.7 Å². The summed E-state index contributed by atoms with van der Waals surface area (Å²) in [6.45, 7) is 0.381. The first-order valence-electron chi connectivity index (χ1n) is 6.71. The van der Waals surface area contributed by atoms with Gasteiger partial charge in [-0.2, -0.15) is 4.72 Å². The second-order valence-corrected chi connectivity index (χ2v) is 9.39. The minimum absolute atomic E-state index is 0.150. The molecular weight excluding hydrogens is 407 g/mol. The third-order valence-electron chi connectivity index (χ3n) is 3.45. The molecule has 9 heteroatoms. The lowest BCUT2D eigenvalue weighted by Gasteiger charge is -2.17. The smallest absolute Gasteiger partial charge is 0.250 e. The van der Waals surface area contributed by atoms with E-state index in [9.17, 15) is 17.6 Å². The molecule has 5 nitrogen and oxygen atoms in total. The van der Waals surface area contributed by atoms with E-state index in [1.165, 1.54) is 35.2 Å². The lowest BCUT2D eigenvalue weighted by atomic mass is 10.3. The third kappa shape index (κ3) is 3.47. The van der Waals surface area contributed by atoms with E-state index in [4.69, 9.17) is 0 Å². The van der Waals surface area contributed by atoms with Gasteiger partial charge in [-0.05, 0) is 58.7 Å². The Morgan fingerprint density at radius 1 is 1.22 bits per heavy atom. The summed E-state index contributed by atoms with van der Waals surface area (Å²) in [6, 6.07) is 7.84. The van der Waals surface area contributed by atoms with Crippen molar-refractivity contribution in [1.82, 2.24) is 4.72 Å². The Hall–Kier alpha value is -1.29. The Morgan fingerprint density at radius 2 is 1.91 bits per heavy atom. The molecule has 0 radical (unpaired) electrons. The predicted molar refractivity (Wildman–Crippen MR) is 89.5 cm³/mol. The molecule has 1 aromatic heterocycles. The average molecular weight is 419 g/mol. The summed E-state index contributed by atoms with van der Waals surface area (Å²) in [6.07, 6.45) is 0.363. The molecule has 1 aromatic carbocycles. The Kier molecular flexibility index (Phi) is 4.54. The fraction of sp³-hybridized carbons (Fsp3) is 0.214. The van der Waals surface area contributed by atoms with Crippen LogP contribution in [0.15, 0.2) is 44.4 Å². The van der Waals surface area contributed by atoms with Gasteiger partial charge in [0.15, 0.2) is 0 Å². The summed E-state index contributed by atoms with van der Waals surface area (Å²) in [5, 5.41) is 0. The van der Waals surface area contributed by atoms with E-state index in [1.807, 2.05) is 0 Å². The lowest BCUT2D eigenvalue weighted by Crippen LogP contribution is -2.41. The molecule has 1 saturated heterocycles. The summed E-state index contributed by atoms with van der Waals surface area (Å²) >= 11 is 4.29. The molecule has 0 bridgehead atoms. The van der Waals surface area contributed by atoms with Crippen molar-refractivity contribution in [3.63, 3.8) is 0 Å². The summed E-state index contributed by atoms with van der Waals surface area (Å²) in [4.78, 5) is 13.9. The second kappa shape index (κ2) is 6.31. The van der Waals surface area contributed by atoms with E-state index in [0.717, 1.165) is 11.3 Å². The van der Waals surface area contributed by atoms with Crippen LogP contribution in [-0.2, 0) is 14.8 Å². The molecular formula is C14H12BrFN2O3S2. The molecule has 1 unspecified atom stereocenters. The number of thiophene rings is 1. The van der Waals surface area contributed by atoms with Crippen LogP contribution in [0.2, 0.25) is 0 Å². The fourth-order valence-electron chi connectivity index (χ4n) is 2.35. The van der Waals surface area contributed by atoms with Crippen molar-refractivity contribution in [2.24, 2.45) is 0 Å². The largest absolute Gasteiger partial charge is 0.311 e. The number of hydrogen-bond donors (Lipinski definition) is 1. The molecule has 23 heavy (non-hydrogen) atoms. The molecule has 0 aliphatic carbocycles. The minimum Gasteiger partial charge on any atom is -0.311 e. The number of amides is 1. The van der Waals surface area contributed by atoms with Crippen molar-refractivity contribution < 1.29 is 17.6 Å². The highest BCUT2D eigenvalue weighted by Gasteiger charge is 2.36. The molecule has 2 heterocycles. The molecule has 3 rings (SSSR count). The number of carbonyl (C=O) groups is 1. The van der Waals surface area contributed by atoms with Gasteiger partial charge >= 0.3 is 0 Å². The quantitative estimate of drug-likeness (QED) is 0.829. The number of carbonyl (C=O) groups excluding carboxylic acids is 1. The topological polar surface area (TPSA) is 66.5 Å². The number of sulfonamides is 1. The predicted octanol–water partition coefficient (Wildman–Crippen LogP) is 2.73. The molecule has 0 spiro atoms. The number of nitrogens with zero attached hydrogens (tertiary/aromatic N) is 1. The van der Waals surface area contributed by atoms with Gasteiger partial charge in [0.05, 0.1) is 3.79 Å². The highest BCUT2D eigenvalue weighted by atomic mass is 79.9. The van der Waals surface area contributed by atoms with Crippen LogP contribution in [-0.4, -0.2) is 26.9 Å². The van der Waals surface area contributed by atoms with Crippen LogP contribution in [0.3, 0.4) is 0 Å². The van der Waals surface area contributed by atoms with E-state index in [2.05, 4.69) is 20.7 Å². The van der Waals surface area contributed by atoms with Crippen molar-refractivity contribution >= 4 is 48.9 Å². The van der Waals surface area contributed by atoms with Gasteiger partial charge < -0.3 is 4.90 Å². The Balaban J connectivity index is 1.76. The number of nitrogens with one attached hydrogen (secondary N) is 1. The maximum Gasteiger partial charge on any atom is 0.250 e. The van der Waals surface area contributed by atoms with Crippen LogP contribution >= 0.6 is 27.3 Å². The van der Waals surface area contributed by atoms with Crippen LogP contribution in [0.25, 0.3) is 0 Å². The van der Waals surface area contributed by atoms with Gasteiger partial charge in [-0.3, -0.25) is 4.79 Å². The first-order chi connectivity index (χ1) is 10.9. The highest BCUT2D eigenvalue weighted by molar-refractivity contribution is 9.11. The Morgan fingerprint density at radius 3 is 2.52 bits per heavy atom. The van der Waals surface area contributed by atoms with E-state index in [0.29, 0.717) is 22.4 Å². The number of halogens is 2. The Labute approximate surface area is 145 Å². The fourth-order valence-corrected chi connectivity index (χ4v) is 5.60. The second-order valence-electron chi connectivity index (χ2n) is 4.99. The molecule has 1 N–H and O–H groups in total. The molecule has 1 aliphatic rings. The van der Waals surface area contributed by atoms with E-state index < -0.39 is 16.1 Å². The summed E-state index contributed by atoms with van der Waals surface area (Å²) in [5.74, 6) is -0.725. The Bertz CT molecular complexity index is 836. The monoisotopic (exact) mass is 418 g/mol. The SMILES string of the molecule is O=C1C(NS(=O)(=O)c2ccc(Br)s2)CCN1c1ccc(F)cc1. The van der Waals surface area contributed by atoms with Crippen molar-refractivity contribution in [2.75, 3.05) is 11.4 Å². The van der Waals surface area contributed by atoms with Gasteiger partial charge in [-0.1, -0.05) is 0 Å². The van der Waals surface area contributed by atoms with E-state index in [-0.39, 0.29) is 15.9 Å². The zero-order chi connectivity index (χ0) is 16.6. The highest BCUT2D eigenvalue weighted by Crippen LogP contribution is 2.27. The van der Waals surface area contributed by atoms with Crippen LogP contribution in [0.1, 0.15) is 6.42 Å². The van der Waals surface area contributed by atoms with Crippen LogP contribution in [0, 0.1) is 5.82 Å². The summed E-state index contributed by atoms with van der Waals surface area (Å²) in [7, 11) is -3.74. The summed E-state index contributed by atoms with van der Waals surface area (Å²) < 4.78 is 40.8. The maximum atomic E-state index is 13.0. The molecule has 122 valence electrons. The van der Waals surface area contributed by atoms with Crippen molar-refractivity contribution in [1.29, 1.82) is 0 Å². The first-order valence-corrected chi connectivity index (χ1v) is 9.81. The first kappa shape index (κ1) is 16.6. The lowest BCUT2D eigenvalue weighted by molar-refractivity contribution is -0.118. The molecule has 1 aliphatic heterocycles. The maximum absolute atomic E-state index is 13.0. The van der Waals surface area contributed by atoms with Gasteiger partial charge in [-0.25, -0.2) is 12.8 Å². The van der Waals surface area contributed by atoms with Crippen LogP contribution in [0.4, 0.5) is 10.1 Å². The van der Waals surface area contributed by atoms with Gasteiger partial charge in [-0.15, -0.1) is 11.3 Å². The standard InChI is InChI=1S/C14H12BrFN2O3S2/c15-12-5-6-13(22-12)23(20,21)17-11-7-8-18(14(11)19)10-3-1-9(16)2-4-10/h1-6,11,17H,7-8H2. The molecule has 1 fully saturated rings. The van der Waals surface area contributed by atoms with E-state index >= 15 is 0 Å². The van der Waals surface area contributed by atoms with Gasteiger partial charge in [0, 0.05) is 12.2 Å². The van der Waals surface area contributed by atoms with E-state index in [1.54, 1.807) is 6.07 Å². The molecule has 1 amide bonds. The zero-order valence-corrected chi connectivity index (χ0v) is 14.9. The van der Waals surface area contributed by atoms with Crippen LogP contribution in [0.5, 0.6) is 0 Å². The molecule has 2 aromatic rings. The van der Waals surface area contributed by atoms with Gasteiger partial charge in [0.25, 0.3) is 10.0 Å². The number of hydrogen-bond acceptors (Lipinski definition) is 4. The minimum atomic E-state index is -3.74. The molecule has 0 saturated carbocycles. The van der Waals surface area contributed by atoms with Crippen molar-refractivity contribution in [3.05, 3.63) is 46.0 Å². The molecule has 1 atom stereocenters. The number of benzene rings is 1. The average Bonchev–Trinajstić information content (AvgIpc) is 3.08. The third-order valence-corrected chi connectivity index (χ3v) is 7.04. The zero-order valence-electron chi connectivity index (χ0n) is 11.7. The number of anilines is 1. The van der Waals surface area contributed by atoms with Crippen molar-refractivity contribution in [3.8, 4) is 0 Å². The number of rotatable bonds is 4. The van der Waals surface area contributed by atoms with Crippen LogP contribution < -0.4 is 9.62 Å². The van der Waals surface area contributed by atoms with Gasteiger partial charge in [0.2, 0.25) is 5.91 Å².